The van der Waals surface area contributed by atoms with E-state index in [1.807, 2.05) is 18.2 Å². The average molecular weight is 346 g/mol. The number of pyridine rings is 1. The molecule has 3 rings (SSSR count). The van der Waals surface area contributed by atoms with Crippen LogP contribution >= 0.6 is 11.6 Å². The minimum atomic E-state index is -0.616. The molecule has 2 heterocycles. The lowest BCUT2D eigenvalue weighted by Gasteiger charge is -2.02. The Labute approximate surface area is 142 Å². The molecule has 0 aliphatic carbocycles. The van der Waals surface area contributed by atoms with E-state index >= 15 is 0 Å². The lowest BCUT2D eigenvalue weighted by Crippen LogP contribution is -2.06. The van der Waals surface area contributed by atoms with E-state index in [1.165, 1.54) is 12.3 Å². The third-order valence-corrected chi connectivity index (χ3v) is 3.40. The van der Waals surface area contributed by atoms with Crippen LogP contribution in [0, 0.1) is 0 Å². The highest BCUT2D eigenvalue weighted by atomic mass is 35.5. The summed E-state index contributed by atoms with van der Waals surface area (Å²) >= 11 is 5.84. The second kappa shape index (κ2) is 7.10. The fourth-order valence-electron chi connectivity index (χ4n) is 1.94. The highest BCUT2D eigenvalue weighted by molar-refractivity contribution is 6.32. The van der Waals surface area contributed by atoms with Gasteiger partial charge in [0.1, 0.15) is 10.9 Å². The Morgan fingerprint density at radius 1 is 1.29 bits per heavy atom. The highest BCUT2D eigenvalue weighted by Gasteiger charge is 2.15. The van der Waals surface area contributed by atoms with E-state index in [9.17, 15) is 4.79 Å². The van der Waals surface area contributed by atoms with Crippen molar-refractivity contribution in [1.29, 1.82) is 0 Å². The van der Waals surface area contributed by atoms with Crippen LogP contribution in [-0.2, 0) is 11.3 Å². The van der Waals surface area contributed by atoms with Crippen molar-refractivity contribution < 1.29 is 18.8 Å². The monoisotopic (exact) mass is 345 g/mol. The van der Waals surface area contributed by atoms with Crippen LogP contribution < -0.4 is 4.74 Å². The van der Waals surface area contributed by atoms with Gasteiger partial charge in [0.05, 0.1) is 12.7 Å². The van der Waals surface area contributed by atoms with Gasteiger partial charge in [-0.05, 0) is 24.3 Å². The van der Waals surface area contributed by atoms with Crippen LogP contribution in [0.4, 0.5) is 0 Å². The molecule has 0 unspecified atom stereocenters. The predicted octanol–water partition coefficient (Wildman–Crippen LogP) is 3.15. The minimum absolute atomic E-state index is 0.0742. The maximum atomic E-state index is 11.9. The third-order valence-electron chi connectivity index (χ3n) is 3.10. The van der Waals surface area contributed by atoms with E-state index in [0.29, 0.717) is 11.6 Å². The standard InChI is InChI=1S/C16H12ClN3O4/c1-22-11-5-2-4-10(8-11)15-19-13(24-20-15)9-23-16(21)12-6-3-7-18-14(12)17/h2-8H,9H2,1H3. The third kappa shape index (κ3) is 3.52. The summed E-state index contributed by atoms with van der Waals surface area (Å²) in [6, 6.07) is 10.3. The molecule has 1 aromatic carbocycles. The Morgan fingerprint density at radius 3 is 2.96 bits per heavy atom. The lowest BCUT2D eigenvalue weighted by atomic mass is 10.2. The van der Waals surface area contributed by atoms with Crippen molar-refractivity contribution >= 4 is 17.6 Å². The van der Waals surface area contributed by atoms with Crippen LogP contribution in [0.25, 0.3) is 11.4 Å². The Bertz CT molecular complexity index is 866. The number of halogens is 1. The number of carbonyl (C=O) groups is 1. The zero-order valence-corrected chi connectivity index (χ0v) is 13.4. The van der Waals surface area contributed by atoms with Crippen molar-refractivity contribution in [3.05, 3.63) is 59.2 Å². The second-order valence-corrected chi connectivity index (χ2v) is 5.02. The number of ether oxygens (including phenoxy) is 2. The van der Waals surface area contributed by atoms with E-state index in [-0.39, 0.29) is 23.2 Å². The molecular weight excluding hydrogens is 334 g/mol. The van der Waals surface area contributed by atoms with Gasteiger partial charge in [-0.3, -0.25) is 0 Å². The average Bonchev–Trinajstić information content (AvgIpc) is 3.09. The molecule has 0 fully saturated rings. The quantitative estimate of drug-likeness (QED) is 0.518. The molecule has 0 N–H and O–H groups in total. The summed E-state index contributed by atoms with van der Waals surface area (Å²) in [6.07, 6.45) is 1.48. The fraction of sp³-hybridized carbons (Fsp3) is 0.125. The topological polar surface area (TPSA) is 87.3 Å². The molecule has 3 aromatic rings. The fourth-order valence-corrected chi connectivity index (χ4v) is 2.13. The summed E-state index contributed by atoms with van der Waals surface area (Å²) in [5.41, 5.74) is 0.901. The van der Waals surface area contributed by atoms with Crippen LogP contribution in [0.5, 0.6) is 5.75 Å². The van der Waals surface area contributed by atoms with Crippen LogP contribution in [0.2, 0.25) is 5.15 Å². The van der Waals surface area contributed by atoms with Crippen molar-refractivity contribution in [3.8, 4) is 17.1 Å². The molecule has 0 spiro atoms. The molecule has 0 bridgehead atoms. The molecule has 0 saturated heterocycles. The van der Waals surface area contributed by atoms with Gasteiger partial charge < -0.3 is 14.0 Å². The first-order valence-electron chi connectivity index (χ1n) is 6.92. The van der Waals surface area contributed by atoms with Crippen molar-refractivity contribution in [2.24, 2.45) is 0 Å². The van der Waals surface area contributed by atoms with Gasteiger partial charge >= 0.3 is 5.97 Å². The number of hydrogen-bond donors (Lipinski definition) is 0. The molecule has 2 aromatic heterocycles. The van der Waals surface area contributed by atoms with E-state index in [4.69, 9.17) is 25.6 Å². The number of esters is 1. The van der Waals surface area contributed by atoms with Crippen LogP contribution in [0.1, 0.15) is 16.2 Å². The van der Waals surface area contributed by atoms with Gasteiger partial charge in [0.2, 0.25) is 5.82 Å². The summed E-state index contributed by atoms with van der Waals surface area (Å²) in [6.45, 7) is -0.166. The van der Waals surface area contributed by atoms with Crippen molar-refractivity contribution in [1.82, 2.24) is 15.1 Å². The largest absolute Gasteiger partial charge is 0.497 e. The Morgan fingerprint density at radius 2 is 2.17 bits per heavy atom. The number of aromatic nitrogens is 3. The van der Waals surface area contributed by atoms with Gasteiger partial charge in [0.15, 0.2) is 6.61 Å². The number of methoxy groups -OCH3 is 1. The number of benzene rings is 1. The van der Waals surface area contributed by atoms with Gasteiger partial charge in [0.25, 0.3) is 5.89 Å². The number of nitrogens with zero attached hydrogens (tertiary/aromatic N) is 3. The predicted molar refractivity (Wildman–Crippen MR) is 84.7 cm³/mol. The molecule has 0 saturated carbocycles. The van der Waals surface area contributed by atoms with Crippen LogP contribution in [0.3, 0.4) is 0 Å². The maximum Gasteiger partial charge on any atom is 0.341 e. The van der Waals surface area contributed by atoms with Gasteiger partial charge in [-0.2, -0.15) is 4.98 Å². The molecular formula is C16H12ClN3O4. The van der Waals surface area contributed by atoms with E-state index in [1.54, 1.807) is 19.2 Å². The second-order valence-electron chi connectivity index (χ2n) is 4.66. The molecule has 7 nitrogen and oxygen atoms in total. The number of carbonyl (C=O) groups excluding carboxylic acids is 1. The van der Waals surface area contributed by atoms with E-state index < -0.39 is 5.97 Å². The summed E-state index contributed by atoms with van der Waals surface area (Å²) in [5.74, 6) is 0.603. The normalized spacial score (nSPS) is 10.4. The summed E-state index contributed by atoms with van der Waals surface area (Å²) in [7, 11) is 1.57. The molecule has 0 aliphatic rings. The Balaban J connectivity index is 1.68. The van der Waals surface area contributed by atoms with Crippen molar-refractivity contribution in [2.75, 3.05) is 7.11 Å². The lowest BCUT2D eigenvalue weighted by molar-refractivity contribution is 0.0429. The summed E-state index contributed by atoms with van der Waals surface area (Å²) in [5, 5.41) is 3.93. The van der Waals surface area contributed by atoms with Crippen LogP contribution in [0.15, 0.2) is 47.1 Å². The Hall–Kier alpha value is -2.93. The summed E-state index contributed by atoms with van der Waals surface area (Å²) in [4.78, 5) is 19.9. The maximum absolute atomic E-state index is 11.9. The molecule has 0 aliphatic heterocycles. The first-order chi connectivity index (χ1) is 11.7. The first-order valence-corrected chi connectivity index (χ1v) is 7.30. The van der Waals surface area contributed by atoms with E-state index in [2.05, 4.69) is 15.1 Å². The SMILES string of the molecule is COc1cccc(-c2noc(COC(=O)c3cccnc3Cl)n2)c1. The van der Waals surface area contributed by atoms with Crippen molar-refractivity contribution in [2.45, 2.75) is 6.61 Å². The number of hydrogen-bond acceptors (Lipinski definition) is 7. The first kappa shape index (κ1) is 15.9. The van der Waals surface area contributed by atoms with Gasteiger partial charge in [0, 0.05) is 11.8 Å². The van der Waals surface area contributed by atoms with Gasteiger partial charge in [-0.1, -0.05) is 28.9 Å². The van der Waals surface area contributed by atoms with Gasteiger partial charge in [-0.25, -0.2) is 9.78 Å². The molecule has 8 heteroatoms. The zero-order valence-electron chi connectivity index (χ0n) is 12.6. The highest BCUT2D eigenvalue weighted by Crippen LogP contribution is 2.21. The van der Waals surface area contributed by atoms with Crippen molar-refractivity contribution in [3.63, 3.8) is 0 Å². The molecule has 0 radical (unpaired) electrons. The van der Waals surface area contributed by atoms with E-state index in [0.717, 1.165) is 5.56 Å². The Kier molecular flexibility index (Phi) is 4.72. The molecule has 122 valence electrons. The molecule has 0 atom stereocenters. The van der Waals surface area contributed by atoms with Gasteiger partial charge in [-0.15, -0.1) is 0 Å². The zero-order chi connectivity index (χ0) is 16.9. The summed E-state index contributed by atoms with van der Waals surface area (Å²) < 4.78 is 15.3. The smallest absolute Gasteiger partial charge is 0.341 e. The van der Waals surface area contributed by atoms with Crippen LogP contribution in [-0.4, -0.2) is 28.2 Å². The minimum Gasteiger partial charge on any atom is -0.497 e. The molecule has 24 heavy (non-hydrogen) atoms. The molecule has 0 amide bonds. The number of rotatable bonds is 5.